The first-order valence-electron chi connectivity index (χ1n) is 7.10. The molecular weight excluding hydrogens is 234 g/mol. The average Bonchev–Trinajstić information content (AvgIpc) is 2.39. The van der Waals surface area contributed by atoms with Gasteiger partial charge in [0.25, 0.3) is 0 Å². The Hall–Kier alpha value is -0.900. The Balaban J connectivity index is 2.47. The Morgan fingerprint density at radius 3 is 2.32 bits per heavy atom. The Morgan fingerprint density at radius 2 is 1.74 bits per heavy atom. The van der Waals surface area contributed by atoms with Crippen molar-refractivity contribution in [2.24, 2.45) is 0 Å². The first-order valence-corrected chi connectivity index (χ1v) is 7.10. The Kier molecular flexibility index (Phi) is 7.06. The van der Waals surface area contributed by atoms with Crippen LogP contribution in [0.1, 0.15) is 23.6 Å². The van der Waals surface area contributed by atoms with Crippen LogP contribution in [0.4, 0.5) is 0 Å². The first-order chi connectivity index (χ1) is 9.04. The molecule has 1 atom stereocenters. The summed E-state index contributed by atoms with van der Waals surface area (Å²) in [6.45, 7) is 5.55. The fraction of sp³-hybridized carbons (Fsp3) is 0.625. The van der Waals surface area contributed by atoms with Crippen LogP contribution in [-0.2, 0) is 0 Å². The minimum absolute atomic E-state index is 0.447. The predicted molar refractivity (Wildman–Crippen MR) is 83.6 cm³/mol. The summed E-state index contributed by atoms with van der Waals surface area (Å²) in [4.78, 5) is 4.63. The quantitative estimate of drug-likeness (QED) is 0.775. The highest BCUT2D eigenvalue weighted by molar-refractivity contribution is 5.28. The second-order valence-corrected chi connectivity index (χ2v) is 5.59. The van der Waals surface area contributed by atoms with Gasteiger partial charge in [-0.15, -0.1) is 0 Å². The van der Waals surface area contributed by atoms with E-state index < -0.39 is 0 Å². The van der Waals surface area contributed by atoms with Crippen LogP contribution in [0.5, 0.6) is 0 Å². The molecule has 108 valence electrons. The maximum absolute atomic E-state index is 3.44. The predicted octanol–water partition coefficient (Wildman–Crippen LogP) is 2.14. The number of rotatable bonds is 8. The van der Waals surface area contributed by atoms with E-state index >= 15 is 0 Å². The Bertz CT molecular complexity index is 363. The summed E-state index contributed by atoms with van der Waals surface area (Å²) in [7, 11) is 8.50. The molecule has 0 fully saturated rings. The fourth-order valence-electron chi connectivity index (χ4n) is 2.27. The van der Waals surface area contributed by atoms with Gasteiger partial charge in [0, 0.05) is 19.1 Å². The van der Waals surface area contributed by atoms with Gasteiger partial charge in [-0.05, 0) is 59.2 Å². The van der Waals surface area contributed by atoms with Crippen molar-refractivity contribution in [2.75, 3.05) is 47.8 Å². The summed E-state index contributed by atoms with van der Waals surface area (Å²) in [5.41, 5.74) is 2.80. The molecule has 0 heterocycles. The van der Waals surface area contributed by atoms with E-state index in [0.717, 1.165) is 26.1 Å². The van der Waals surface area contributed by atoms with E-state index in [4.69, 9.17) is 0 Å². The zero-order valence-electron chi connectivity index (χ0n) is 13.1. The standard InChI is InChI=1S/C16H29N3/c1-14-8-6-7-9-15(14)16(17-2)10-11-19(5)13-12-18(3)4/h6-9,16-17H,10-13H2,1-5H3. The molecule has 0 aliphatic carbocycles. The molecule has 1 aromatic rings. The maximum atomic E-state index is 3.44. The lowest BCUT2D eigenvalue weighted by atomic mass is 9.99. The minimum atomic E-state index is 0.447. The number of hydrogen-bond acceptors (Lipinski definition) is 3. The average molecular weight is 263 g/mol. The van der Waals surface area contributed by atoms with Gasteiger partial charge < -0.3 is 15.1 Å². The van der Waals surface area contributed by atoms with Crippen LogP contribution in [0.2, 0.25) is 0 Å². The molecule has 3 nitrogen and oxygen atoms in total. The van der Waals surface area contributed by atoms with E-state index in [1.807, 2.05) is 0 Å². The number of nitrogens with one attached hydrogen (secondary N) is 1. The number of nitrogens with zero attached hydrogens (tertiary/aromatic N) is 2. The molecule has 19 heavy (non-hydrogen) atoms. The van der Waals surface area contributed by atoms with Gasteiger partial charge in [-0.1, -0.05) is 24.3 Å². The topological polar surface area (TPSA) is 18.5 Å². The molecule has 0 aliphatic heterocycles. The fourth-order valence-corrected chi connectivity index (χ4v) is 2.27. The number of likely N-dealkylation sites (N-methyl/N-ethyl adjacent to an activating group) is 2. The number of hydrogen-bond donors (Lipinski definition) is 1. The smallest absolute Gasteiger partial charge is 0.0332 e. The van der Waals surface area contributed by atoms with Gasteiger partial charge in [0.1, 0.15) is 0 Å². The van der Waals surface area contributed by atoms with Crippen LogP contribution >= 0.6 is 0 Å². The van der Waals surface area contributed by atoms with Gasteiger partial charge >= 0.3 is 0 Å². The molecule has 3 heteroatoms. The Labute approximate surface area is 118 Å². The normalized spacial score (nSPS) is 13.2. The number of aryl methyl sites for hydroxylation is 1. The van der Waals surface area contributed by atoms with Gasteiger partial charge in [0.05, 0.1) is 0 Å². The summed E-state index contributed by atoms with van der Waals surface area (Å²) < 4.78 is 0. The van der Waals surface area contributed by atoms with E-state index in [2.05, 4.69) is 74.5 Å². The summed E-state index contributed by atoms with van der Waals surface area (Å²) in [6.07, 6.45) is 1.14. The molecule has 0 amide bonds. The van der Waals surface area contributed by atoms with Gasteiger partial charge in [-0.2, -0.15) is 0 Å². The second kappa shape index (κ2) is 8.31. The highest BCUT2D eigenvalue weighted by Crippen LogP contribution is 2.20. The monoisotopic (exact) mass is 263 g/mol. The third-order valence-electron chi connectivity index (χ3n) is 3.64. The van der Waals surface area contributed by atoms with Crippen LogP contribution < -0.4 is 5.32 Å². The van der Waals surface area contributed by atoms with Gasteiger partial charge in [0.2, 0.25) is 0 Å². The van der Waals surface area contributed by atoms with Gasteiger partial charge in [-0.25, -0.2) is 0 Å². The van der Waals surface area contributed by atoms with Crippen LogP contribution in [0.15, 0.2) is 24.3 Å². The molecule has 0 spiro atoms. The number of benzene rings is 1. The third kappa shape index (κ3) is 5.72. The second-order valence-electron chi connectivity index (χ2n) is 5.59. The van der Waals surface area contributed by atoms with Gasteiger partial charge in [-0.3, -0.25) is 0 Å². The van der Waals surface area contributed by atoms with Crippen molar-refractivity contribution in [3.63, 3.8) is 0 Å². The van der Waals surface area contributed by atoms with E-state index in [9.17, 15) is 0 Å². The highest BCUT2D eigenvalue weighted by Gasteiger charge is 2.12. The maximum Gasteiger partial charge on any atom is 0.0332 e. The third-order valence-corrected chi connectivity index (χ3v) is 3.64. The summed E-state index contributed by atoms with van der Waals surface area (Å²) in [5, 5.41) is 3.44. The minimum Gasteiger partial charge on any atom is -0.313 e. The highest BCUT2D eigenvalue weighted by atomic mass is 15.1. The largest absolute Gasteiger partial charge is 0.313 e. The van der Waals surface area contributed by atoms with Crippen molar-refractivity contribution in [2.45, 2.75) is 19.4 Å². The molecule has 0 saturated carbocycles. The van der Waals surface area contributed by atoms with Crippen molar-refractivity contribution in [3.05, 3.63) is 35.4 Å². The molecule has 0 saturated heterocycles. The van der Waals surface area contributed by atoms with Crippen molar-refractivity contribution < 1.29 is 0 Å². The lowest BCUT2D eigenvalue weighted by Crippen LogP contribution is -2.31. The lowest BCUT2D eigenvalue weighted by molar-refractivity contribution is 0.270. The van der Waals surface area contributed by atoms with Crippen molar-refractivity contribution in [3.8, 4) is 0 Å². The molecule has 0 bridgehead atoms. The Morgan fingerprint density at radius 1 is 1.05 bits per heavy atom. The molecule has 0 aliphatic rings. The van der Waals surface area contributed by atoms with Crippen LogP contribution in [0.3, 0.4) is 0 Å². The molecule has 0 radical (unpaired) electrons. The molecule has 0 aromatic heterocycles. The van der Waals surface area contributed by atoms with Crippen molar-refractivity contribution >= 4 is 0 Å². The van der Waals surface area contributed by atoms with E-state index in [0.29, 0.717) is 6.04 Å². The summed E-state index contributed by atoms with van der Waals surface area (Å²) in [6, 6.07) is 9.10. The van der Waals surface area contributed by atoms with Crippen molar-refractivity contribution in [1.29, 1.82) is 0 Å². The zero-order chi connectivity index (χ0) is 14.3. The first kappa shape index (κ1) is 16.2. The van der Waals surface area contributed by atoms with Crippen LogP contribution in [-0.4, -0.2) is 57.6 Å². The molecule has 1 rings (SSSR count). The van der Waals surface area contributed by atoms with Crippen molar-refractivity contribution in [1.82, 2.24) is 15.1 Å². The molecule has 1 unspecified atom stereocenters. The van der Waals surface area contributed by atoms with E-state index in [-0.39, 0.29) is 0 Å². The van der Waals surface area contributed by atoms with Crippen LogP contribution in [0, 0.1) is 6.92 Å². The molecular formula is C16H29N3. The molecule has 1 aromatic carbocycles. The zero-order valence-corrected chi connectivity index (χ0v) is 13.1. The summed E-state index contributed by atoms with van der Waals surface area (Å²) in [5.74, 6) is 0. The summed E-state index contributed by atoms with van der Waals surface area (Å²) >= 11 is 0. The lowest BCUT2D eigenvalue weighted by Gasteiger charge is -2.24. The SMILES string of the molecule is CNC(CCN(C)CCN(C)C)c1ccccc1C. The molecule has 1 N–H and O–H groups in total. The van der Waals surface area contributed by atoms with Gasteiger partial charge in [0.15, 0.2) is 0 Å². The van der Waals surface area contributed by atoms with E-state index in [1.54, 1.807) is 0 Å². The van der Waals surface area contributed by atoms with Crippen LogP contribution in [0.25, 0.3) is 0 Å². The van der Waals surface area contributed by atoms with E-state index in [1.165, 1.54) is 11.1 Å².